The molecule has 0 spiro atoms. The van der Waals surface area contributed by atoms with Crippen molar-refractivity contribution in [2.75, 3.05) is 6.54 Å². The summed E-state index contributed by atoms with van der Waals surface area (Å²) in [7, 11) is 0. The minimum absolute atomic E-state index is 0.00380. The van der Waals surface area contributed by atoms with Crippen molar-refractivity contribution in [1.82, 2.24) is 4.90 Å². The first kappa shape index (κ1) is 15.8. The molecule has 0 aromatic rings. The Morgan fingerprint density at radius 1 is 1.37 bits per heavy atom. The van der Waals surface area contributed by atoms with Crippen molar-refractivity contribution >= 4 is 12.0 Å². The first-order valence-corrected chi connectivity index (χ1v) is 6.08. The summed E-state index contributed by atoms with van der Waals surface area (Å²) in [5, 5.41) is 0. The van der Waals surface area contributed by atoms with Gasteiger partial charge in [0.05, 0.1) is 0 Å². The summed E-state index contributed by atoms with van der Waals surface area (Å²) >= 11 is 0. The molecular formula is C12H18F3NO3. The molecule has 0 aromatic heterocycles. The Morgan fingerprint density at radius 2 is 1.95 bits per heavy atom. The van der Waals surface area contributed by atoms with Gasteiger partial charge in [0.2, 0.25) is 5.91 Å². The van der Waals surface area contributed by atoms with Crippen LogP contribution in [-0.4, -0.2) is 35.2 Å². The molecule has 1 aliphatic heterocycles. The van der Waals surface area contributed by atoms with Gasteiger partial charge in [0.15, 0.2) is 0 Å². The zero-order chi connectivity index (χ0) is 14.8. The number of rotatable bonds is 2. The lowest BCUT2D eigenvalue weighted by Crippen LogP contribution is -2.37. The van der Waals surface area contributed by atoms with Crippen LogP contribution >= 0.6 is 0 Å². The standard InChI is InChI=1S/C12H18F3NO3/c1-11(2,3)19-10(18)16-7-8(6-9(16)17)4-5-12(13,14)15/h8H,4-7H2,1-3H3. The summed E-state index contributed by atoms with van der Waals surface area (Å²) in [5.41, 5.74) is -0.735. The molecule has 4 nitrogen and oxygen atoms in total. The Kier molecular flexibility index (Phi) is 4.47. The van der Waals surface area contributed by atoms with E-state index in [0.717, 1.165) is 4.90 Å². The molecule has 1 fully saturated rings. The van der Waals surface area contributed by atoms with Crippen molar-refractivity contribution in [3.05, 3.63) is 0 Å². The highest BCUT2D eigenvalue weighted by Gasteiger charge is 2.38. The third-order valence-electron chi connectivity index (χ3n) is 2.66. The number of hydrogen-bond acceptors (Lipinski definition) is 3. The van der Waals surface area contributed by atoms with Gasteiger partial charge in [0.1, 0.15) is 5.60 Å². The lowest BCUT2D eigenvalue weighted by molar-refractivity contribution is -0.137. The van der Waals surface area contributed by atoms with Crippen molar-refractivity contribution in [2.45, 2.75) is 51.8 Å². The summed E-state index contributed by atoms with van der Waals surface area (Å²) < 4.78 is 41.3. The Balaban J connectivity index is 2.51. The fourth-order valence-corrected chi connectivity index (χ4v) is 1.84. The highest BCUT2D eigenvalue weighted by atomic mass is 19.4. The van der Waals surface area contributed by atoms with Gasteiger partial charge in [-0.3, -0.25) is 4.79 Å². The van der Waals surface area contributed by atoms with Gasteiger partial charge in [-0.1, -0.05) is 0 Å². The van der Waals surface area contributed by atoms with E-state index in [0.29, 0.717) is 0 Å². The van der Waals surface area contributed by atoms with Gasteiger partial charge >= 0.3 is 12.3 Å². The molecule has 0 aromatic carbocycles. The van der Waals surface area contributed by atoms with Gasteiger partial charge in [0.25, 0.3) is 0 Å². The van der Waals surface area contributed by atoms with Crippen LogP contribution in [0.3, 0.4) is 0 Å². The maximum absolute atomic E-state index is 12.1. The van der Waals surface area contributed by atoms with Crippen molar-refractivity contribution in [3.8, 4) is 0 Å². The lowest BCUT2D eigenvalue weighted by atomic mass is 10.0. The molecule has 7 heteroatoms. The van der Waals surface area contributed by atoms with Crippen molar-refractivity contribution in [2.24, 2.45) is 5.92 Å². The van der Waals surface area contributed by atoms with E-state index >= 15 is 0 Å². The molecule has 0 N–H and O–H groups in total. The highest BCUT2D eigenvalue weighted by Crippen LogP contribution is 2.29. The Morgan fingerprint density at radius 3 is 2.42 bits per heavy atom. The van der Waals surface area contributed by atoms with E-state index in [-0.39, 0.29) is 19.4 Å². The maximum Gasteiger partial charge on any atom is 0.417 e. The number of amides is 2. The number of alkyl halides is 3. The average Bonchev–Trinajstić information content (AvgIpc) is 2.53. The van der Waals surface area contributed by atoms with Crippen LogP contribution in [0.2, 0.25) is 0 Å². The Labute approximate surface area is 109 Å². The molecular weight excluding hydrogens is 263 g/mol. The summed E-state index contributed by atoms with van der Waals surface area (Å²) in [6, 6.07) is 0. The fourth-order valence-electron chi connectivity index (χ4n) is 1.84. The second-order valence-corrected chi connectivity index (χ2v) is 5.71. The molecule has 110 valence electrons. The second-order valence-electron chi connectivity index (χ2n) is 5.71. The fraction of sp³-hybridized carbons (Fsp3) is 0.833. The molecule has 1 atom stereocenters. The topological polar surface area (TPSA) is 46.6 Å². The molecule has 0 bridgehead atoms. The lowest BCUT2D eigenvalue weighted by Gasteiger charge is -2.23. The summed E-state index contributed by atoms with van der Waals surface area (Å²) in [4.78, 5) is 24.2. The van der Waals surface area contributed by atoms with Crippen LogP contribution in [0.1, 0.15) is 40.0 Å². The van der Waals surface area contributed by atoms with Gasteiger partial charge in [0, 0.05) is 19.4 Å². The average molecular weight is 281 g/mol. The van der Waals surface area contributed by atoms with Crippen LogP contribution in [0.25, 0.3) is 0 Å². The molecule has 1 rings (SSSR count). The smallest absolute Gasteiger partial charge is 0.417 e. The number of likely N-dealkylation sites (tertiary alicyclic amines) is 1. The Bertz CT molecular complexity index is 360. The van der Waals surface area contributed by atoms with E-state index in [1.165, 1.54) is 0 Å². The van der Waals surface area contributed by atoms with Crippen LogP contribution < -0.4 is 0 Å². The first-order valence-electron chi connectivity index (χ1n) is 6.08. The quantitative estimate of drug-likeness (QED) is 0.781. The number of nitrogens with zero attached hydrogens (tertiary/aromatic N) is 1. The SMILES string of the molecule is CC(C)(C)OC(=O)N1CC(CCC(F)(F)F)CC1=O. The zero-order valence-electron chi connectivity index (χ0n) is 11.2. The van der Waals surface area contributed by atoms with Crippen molar-refractivity contribution in [3.63, 3.8) is 0 Å². The Hall–Kier alpha value is -1.27. The van der Waals surface area contributed by atoms with Crippen LogP contribution in [0.5, 0.6) is 0 Å². The minimum Gasteiger partial charge on any atom is -0.443 e. The normalized spacial score (nSPS) is 20.8. The minimum atomic E-state index is -4.23. The van der Waals surface area contributed by atoms with E-state index in [4.69, 9.17) is 4.74 Å². The van der Waals surface area contributed by atoms with Gasteiger partial charge in [-0.25, -0.2) is 9.69 Å². The molecule has 0 aliphatic carbocycles. The van der Waals surface area contributed by atoms with E-state index in [2.05, 4.69) is 0 Å². The number of carbonyl (C=O) groups excluding carboxylic acids is 2. The monoisotopic (exact) mass is 281 g/mol. The molecule has 0 saturated carbocycles. The van der Waals surface area contributed by atoms with Crippen LogP contribution in [-0.2, 0) is 9.53 Å². The molecule has 0 radical (unpaired) electrons. The summed E-state index contributed by atoms with van der Waals surface area (Å²) in [6.45, 7) is 4.98. The van der Waals surface area contributed by atoms with Crippen LogP contribution in [0, 0.1) is 5.92 Å². The van der Waals surface area contributed by atoms with Gasteiger partial charge < -0.3 is 4.74 Å². The number of hydrogen-bond donors (Lipinski definition) is 0. The van der Waals surface area contributed by atoms with E-state index in [1.54, 1.807) is 20.8 Å². The molecule has 1 aliphatic rings. The largest absolute Gasteiger partial charge is 0.443 e. The third-order valence-corrected chi connectivity index (χ3v) is 2.66. The zero-order valence-corrected chi connectivity index (χ0v) is 11.2. The highest BCUT2D eigenvalue weighted by molar-refractivity contribution is 5.93. The first-order chi connectivity index (χ1) is 8.48. The summed E-state index contributed by atoms with van der Waals surface area (Å²) in [6.07, 6.45) is -6.13. The molecule has 2 amide bonds. The van der Waals surface area contributed by atoms with Crippen molar-refractivity contribution < 1.29 is 27.5 Å². The van der Waals surface area contributed by atoms with E-state index < -0.39 is 36.1 Å². The van der Waals surface area contributed by atoms with Gasteiger partial charge in [-0.15, -0.1) is 0 Å². The number of imide groups is 1. The van der Waals surface area contributed by atoms with Crippen LogP contribution in [0.4, 0.5) is 18.0 Å². The van der Waals surface area contributed by atoms with E-state index in [9.17, 15) is 22.8 Å². The van der Waals surface area contributed by atoms with Gasteiger partial charge in [-0.05, 0) is 33.1 Å². The van der Waals surface area contributed by atoms with Gasteiger partial charge in [-0.2, -0.15) is 13.2 Å². The molecule has 1 unspecified atom stereocenters. The van der Waals surface area contributed by atoms with Crippen LogP contribution in [0.15, 0.2) is 0 Å². The third kappa shape index (κ3) is 5.48. The second kappa shape index (κ2) is 5.38. The molecule has 19 heavy (non-hydrogen) atoms. The molecule has 1 heterocycles. The predicted octanol–water partition coefficient (Wildman–Crippen LogP) is 3.11. The van der Waals surface area contributed by atoms with Crippen molar-refractivity contribution in [1.29, 1.82) is 0 Å². The molecule has 1 saturated heterocycles. The number of ether oxygens (including phenoxy) is 1. The summed E-state index contributed by atoms with van der Waals surface area (Å²) in [5.74, 6) is -0.914. The number of halogens is 3. The predicted molar refractivity (Wildman–Crippen MR) is 61.3 cm³/mol. The number of carbonyl (C=O) groups is 2. The maximum atomic E-state index is 12.1. The van der Waals surface area contributed by atoms with E-state index in [1.807, 2.05) is 0 Å².